The van der Waals surface area contributed by atoms with Crippen LogP contribution in [0, 0.1) is 0 Å². The van der Waals surface area contributed by atoms with Crippen LogP contribution >= 0.6 is 0 Å². The molecule has 0 aliphatic heterocycles. The number of carbonyl (C=O) groups is 2. The predicted molar refractivity (Wildman–Crippen MR) is 123 cm³/mol. The quantitative estimate of drug-likeness (QED) is 0.708. The lowest BCUT2D eigenvalue weighted by atomic mass is 10.1. The number of hydrogen-bond acceptors (Lipinski definition) is 3. The zero-order chi connectivity index (χ0) is 22.1. The molecule has 0 bridgehead atoms. The summed E-state index contributed by atoms with van der Waals surface area (Å²) in [4.78, 5) is 39.4. The van der Waals surface area contributed by atoms with Crippen LogP contribution in [0.4, 0.5) is 0 Å². The molecule has 1 aromatic carbocycles. The highest BCUT2D eigenvalue weighted by Crippen LogP contribution is 2.34. The first kappa shape index (κ1) is 21.0. The number of pyridine rings is 1. The Morgan fingerprint density at radius 3 is 1.81 bits per heavy atom. The van der Waals surface area contributed by atoms with E-state index < -0.39 is 5.43 Å². The van der Waals surface area contributed by atoms with E-state index >= 15 is 0 Å². The summed E-state index contributed by atoms with van der Waals surface area (Å²) in [5.41, 5.74) is 2.17. The molecule has 2 aromatic rings. The Hall–Kier alpha value is -2.89. The first-order valence-corrected chi connectivity index (χ1v) is 12.0. The predicted octanol–water partition coefficient (Wildman–Crippen LogP) is 3.53. The fourth-order valence-corrected chi connectivity index (χ4v) is 5.12. The number of carbonyl (C=O) groups excluding carboxylic acids is 2. The molecule has 1 aromatic heterocycles. The topological polar surface area (TPSA) is 80.2 Å². The lowest BCUT2D eigenvalue weighted by Crippen LogP contribution is -2.41. The Morgan fingerprint density at radius 2 is 1.28 bits per heavy atom. The van der Waals surface area contributed by atoms with Crippen LogP contribution in [-0.4, -0.2) is 28.5 Å². The largest absolute Gasteiger partial charge is 0.349 e. The van der Waals surface area contributed by atoms with E-state index in [9.17, 15) is 14.4 Å². The maximum Gasteiger partial charge on any atom is 0.257 e. The number of amides is 2. The molecular weight excluding hydrogens is 402 g/mol. The first-order valence-electron chi connectivity index (χ1n) is 12.0. The average molecular weight is 434 g/mol. The molecular formula is C26H31N3O3. The molecule has 168 valence electrons. The van der Waals surface area contributed by atoms with Gasteiger partial charge < -0.3 is 15.2 Å². The van der Waals surface area contributed by atoms with Gasteiger partial charge in [-0.3, -0.25) is 14.4 Å². The van der Waals surface area contributed by atoms with E-state index in [0.717, 1.165) is 51.4 Å². The molecule has 32 heavy (non-hydrogen) atoms. The van der Waals surface area contributed by atoms with Crippen LogP contribution in [-0.2, 0) is 12.8 Å². The van der Waals surface area contributed by atoms with Crippen LogP contribution in [0.25, 0.3) is 0 Å². The van der Waals surface area contributed by atoms with Gasteiger partial charge in [0, 0.05) is 30.5 Å². The van der Waals surface area contributed by atoms with Gasteiger partial charge in [-0.2, -0.15) is 0 Å². The molecule has 2 N–H and O–H groups in total. The van der Waals surface area contributed by atoms with Crippen LogP contribution in [0.15, 0.2) is 41.5 Å². The molecule has 0 saturated heterocycles. The molecule has 5 rings (SSSR count). The van der Waals surface area contributed by atoms with E-state index in [2.05, 4.69) is 22.8 Å². The van der Waals surface area contributed by atoms with Crippen LogP contribution in [0.1, 0.15) is 89.3 Å². The molecule has 6 nitrogen and oxygen atoms in total. The van der Waals surface area contributed by atoms with E-state index in [-0.39, 0.29) is 41.1 Å². The van der Waals surface area contributed by atoms with Gasteiger partial charge in [0.05, 0.1) is 0 Å². The molecule has 0 spiro atoms. The summed E-state index contributed by atoms with van der Waals surface area (Å²) >= 11 is 0. The normalized spacial score (nSPS) is 19.2. The fraction of sp³-hybridized carbons (Fsp3) is 0.500. The van der Waals surface area contributed by atoms with Crippen molar-refractivity contribution in [2.24, 2.45) is 0 Å². The Bertz CT molecular complexity index is 1050. The van der Waals surface area contributed by atoms with Gasteiger partial charge >= 0.3 is 0 Å². The van der Waals surface area contributed by atoms with Gasteiger partial charge in [-0.15, -0.1) is 0 Å². The Kier molecular flexibility index (Phi) is 5.85. The Balaban J connectivity index is 1.36. The zero-order valence-electron chi connectivity index (χ0n) is 18.4. The number of aromatic nitrogens is 1. The summed E-state index contributed by atoms with van der Waals surface area (Å²) < 4.78 is 1.89. The molecule has 2 saturated carbocycles. The summed E-state index contributed by atoms with van der Waals surface area (Å²) in [6.45, 7) is 0. The first-order chi connectivity index (χ1) is 15.6. The van der Waals surface area contributed by atoms with Crippen molar-refractivity contribution in [3.05, 3.63) is 69.1 Å². The fourth-order valence-electron chi connectivity index (χ4n) is 5.12. The number of nitrogens with zero attached hydrogens (tertiary/aromatic N) is 1. The van der Waals surface area contributed by atoms with E-state index in [1.165, 1.54) is 24.0 Å². The van der Waals surface area contributed by atoms with Crippen LogP contribution in [0.5, 0.6) is 0 Å². The van der Waals surface area contributed by atoms with Gasteiger partial charge in [-0.25, -0.2) is 0 Å². The third-order valence-corrected chi connectivity index (χ3v) is 7.08. The van der Waals surface area contributed by atoms with Gasteiger partial charge in [0.25, 0.3) is 11.8 Å². The second kappa shape index (κ2) is 8.93. The molecule has 6 heteroatoms. The monoisotopic (exact) mass is 433 g/mol. The van der Waals surface area contributed by atoms with Crippen LogP contribution in [0.2, 0.25) is 0 Å². The number of hydrogen-bond donors (Lipinski definition) is 2. The van der Waals surface area contributed by atoms with Gasteiger partial charge in [0.1, 0.15) is 11.1 Å². The van der Waals surface area contributed by atoms with Crippen molar-refractivity contribution in [1.82, 2.24) is 15.2 Å². The third kappa shape index (κ3) is 4.50. The van der Waals surface area contributed by atoms with Crippen molar-refractivity contribution < 1.29 is 9.59 Å². The van der Waals surface area contributed by atoms with Gasteiger partial charge in [-0.1, -0.05) is 49.9 Å². The minimum Gasteiger partial charge on any atom is -0.349 e. The number of rotatable bonds is 5. The van der Waals surface area contributed by atoms with E-state index in [1.54, 1.807) is 12.4 Å². The summed E-state index contributed by atoms with van der Waals surface area (Å²) in [6.07, 6.45) is 13.3. The zero-order valence-corrected chi connectivity index (χ0v) is 18.4. The second-order valence-electron chi connectivity index (χ2n) is 9.60. The van der Waals surface area contributed by atoms with E-state index in [0.29, 0.717) is 0 Å². The van der Waals surface area contributed by atoms with Crippen LogP contribution in [0.3, 0.4) is 0 Å². The third-order valence-electron chi connectivity index (χ3n) is 7.08. The molecule has 0 atom stereocenters. The molecule has 1 heterocycles. The van der Waals surface area contributed by atoms with E-state index in [1.807, 2.05) is 16.7 Å². The highest BCUT2D eigenvalue weighted by molar-refractivity contribution is 5.99. The van der Waals surface area contributed by atoms with Crippen molar-refractivity contribution in [3.8, 4) is 0 Å². The average Bonchev–Trinajstić information content (AvgIpc) is 3.58. The number of nitrogens with one attached hydrogen (secondary N) is 2. The minimum atomic E-state index is -0.471. The smallest absolute Gasteiger partial charge is 0.257 e. The van der Waals surface area contributed by atoms with Crippen molar-refractivity contribution >= 4 is 11.8 Å². The minimum absolute atomic E-state index is 0.0304. The van der Waals surface area contributed by atoms with Crippen molar-refractivity contribution in [2.75, 3.05) is 0 Å². The standard InChI is InChI=1S/C26H31N3O3/c30-24-22(25(31)27-19-9-3-1-2-4-10-19)15-29(21-11-12-21)16-23(24)26(32)28-20-13-17-7-5-6-8-18(17)14-20/h5-8,15-16,19-21H,1-4,9-14H2,(H,27,31)(H,28,32). The molecule has 2 amide bonds. The van der Waals surface area contributed by atoms with Gasteiger partial charge in [-0.05, 0) is 49.7 Å². The molecule has 0 radical (unpaired) electrons. The molecule has 0 unspecified atom stereocenters. The van der Waals surface area contributed by atoms with Crippen molar-refractivity contribution in [3.63, 3.8) is 0 Å². The van der Waals surface area contributed by atoms with Crippen LogP contribution < -0.4 is 16.1 Å². The maximum absolute atomic E-state index is 13.2. The highest BCUT2D eigenvalue weighted by Gasteiger charge is 2.29. The second-order valence-corrected chi connectivity index (χ2v) is 9.60. The summed E-state index contributed by atoms with van der Waals surface area (Å²) in [5.74, 6) is -0.731. The molecule has 3 aliphatic carbocycles. The summed E-state index contributed by atoms with van der Waals surface area (Å²) in [5, 5.41) is 6.11. The maximum atomic E-state index is 13.2. The highest BCUT2D eigenvalue weighted by atomic mass is 16.2. The lowest BCUT2D eigenvalue weighted by Gasteiger charge is -2.18. The Morgan fingerprint density at radius 1 is 0.750 bits per heavy atom. The van der Waals surface area contributed by atoms with Crippen molar-refractivity contribution in [2.45, 2.75) is 82.3 Å². The number of benzene rings is 1. The van der Waals surface area contributed by atoms with Gasteiger partial charge in [0.15, 0.2) is 0 Å². The summed E-state index contributed by atoms with van der Waals surface area (Å²) in [6, 6.07) is 8.52. The lowest BCUT2D eigenvalue weighted by molar-refractivity contribution is 0.0931. The SMILES string of the molecule is O=C(NC1CCCCCC1)c1cn(C2CC2)cc(C(=O)NC2Cc3ccccc3C2)c1=O. The van der Waals surface area contributed by atoms with E-state index in [4.69, 9.17) is 0 Å². The Labute approximate surface area is 188 Å². The molecule has 3 aliphatic rings. The summed E-state index contributed by atoms with van der Waals surface area (Å²) in [7, 11) is 0. The van der Waals surface area contributed by atoms with Gasteiger partial charge in [0.2, 0.25) is 5.43 Å². The van der Waals surface area contributed by atoms with Crippen molar-refractivity contribution in [1.29, 1.82) is 0 Å². The molecule has 2 fully saturated rings. The number of fused-ring (bicyclic) bond motifs is 1.